The predicted octanol–water partition coefficient (Wildman–Crippen LogP) is 2.69. The molecule has 0 radical (unpaired) electrons. The van der Waals surface area contributed by atoms with Crippen molar-refractivity contribution < 1.29 is 4.79 Å². The van der Waals surface area contributed by atoms with Crippen molar-refractivity contribution in [1.82, 2.24) is 15.5 Å². The van der Waals surface area contributed by atoms with E-state index in [1.807, 2.05) is 25.1 Å². The highest BCUT2D eigenvalue weighted by Crippen LogP contribution is 2.26. The van der Waals surface area contributed by atoms with Gasteiger partial charge in [-0.25, -0.2) is 0 Å². The molecule has 26 heavy (non-hydrogen) atoms. The number of nitrogens with zero attached hydrogens (tertiary/aromatic N) is 2. The third kappa shape index (κ3) is 5.60. The van der Waals surface area contributed by atoms with E-state index in [9.17, 15) is 10.1 Å². The molecule has 1 aromatic carbocycles. The number of amides is 1. The smallest absolute Gasteiger partial charge is 0.263 e. The number of hydrogen-bond donors (Lipinski definition) is 2. The Hall–Kier alpha value is -2.32. The van der Waals surface area contributed by atoms with E-state index in [2.05, 4.69) is 35.8 Å². The molecule has 5 heteroatoms. The van der Waals surface area contributed by atoms with Crippen LogP contribution >= 0.6 is 0 Å². The van der Waals surface area contributed by atoms with Gasteiger partial charge in [0.05, 0.1) is 6.04 Å². The minimum Gasteiger partial charge on any atom is -0.388 e. The Morgan fingerprint density at radius 3 is 2.69 bits per heavy atom. The Bertz CT molecular complexity index is 688. The highest BCUT2D eigenvalue weighted by atomic mass is 16.1. The summed E-state index contributed by atoms with van der Waals surface area (Å²) in [4.78, 5) is 14.5. The van der Waals surface area contributed by atoms with Crippen LogP contribution < -0.4 is 10.6 Å². The number of rotatable bonds is 8. The molecule has 1 aliphatic carbocycles. The van der Waals surface area contributed by atoms with Crippen LogP contribution in [0.1, 0.15) is 48.9 Å². The average molecular weight is 354 g/mol. The first-order chi connectivity index (χ1) is 12.5. The zero-order valence-corrected chi connectivity index (χ0v) is 16.1. The number of benzene rings is 1. The average Bonchev–Trinajstić information content (AvgIpc) is 2.65. The lowest BCUT2D eigenvalue weighted by atomic mass is 9.88. The lowest BCUT2D eigenvalue weighted by Crippen LogP contribution is -2.30. The van der Waals surface area contributed by atoms with Gasteiger partial charge in [0.25, 0.3) is 5.91 Å². The normalized spacial score (nSPS) is 15.1. The third-order valence-electron chi connectivity index (χ3n) is 4.80. The van der Waals surface area contributed by atoms with Crippen LogP contribution in [0.5, 0.6) is 0 Å². The fraction of sp³-hybridized carbons (Fsp3) is 0.524. The van der Waals surface area contributed by atoms with Crippen molar-refractivity contribution >= 4 is 5.91 Å². The maximum absolute atomic E-state index is 12.5. The van der Waals surface area contributed by atoms with Crippen LogP contribution in [0.3, 0.4) is 0 Å². The van der Waals surface area contributed by atoms with Gasteiger partial charge in [-0.2, -0.15) is 5.26 Å². The quantitative estimate of drug-likeness (QED) is 0.428. The molecule has 0 saturated heterocycles. The summed E-state index contributed by atoms with van der Waals surface area (Å²) in [6.07, 6.45) is 7.07. The predicted molar refractivity (Wildman–Crippen MR) is 105 cm³/mol. The van der Waals surface area contributed by atoms with E-state index in [4.69, 9.17) is 0 Å². The minimum absolute atomic E-state index is 0.0757. The van der Waals surface area contributed by atoms with Gasteiger partial charge in [-0.05, 0) is 62.9 Å². The number of nitrogens with one attached hydrogen (secondary N) is 2. The van der Waals surface area contributed by atoms with Gasteiger partial charge in [-0.1, -0.05) is 25.1 Å². The van der Waals surface area contributed by atoms with Gasteiger partial charge >= 0.3 is 0 Å². The second kappa shape index (κ2) is 9.98. The fourth-order valence-electron chi connectivity index (χ4n) is 3.24. The number of fused-ring (bicyclic) bond motifs is 1. The first kappa shape index (κ1) is 20.0. The van der Waals surface area contributed by atoms with Crippen molar-refractivity contribution in [3.63, 3.8) is 0 Å². The van der Waals surface area contributed by atoms with Crippen LogP contribution in [0, 0.1) is 11.3 Å². The molecule has 0 aromatic heterocycles. The SMILES string of the molecule is CCC(NC(=O)/C(C#N)=C\NCCN(C)C)c1ccc2c(c1)CCCC2. The summed E-state index contributed by atoms with van der Waals surface area (Å²) < 4.78 is 0. The summed E-state index contributed by atoms with van der Waals surface area (Å²) in [6, 6.07) is 8.46. The number of likely N-dealkylation sites (N-methyl/N-ethyl adjacent to an activating group) is 1. The van der Waals surface area contributed by atoms with Gasteiger partial charge in [0.15, 0.2) is 0 Å². The molecular formula is C21H30N4O. The van der Waals surface area contributed by atoms with Gasteiger partial charge in [-0.3, -0.25) is 4.79 Å². The molecule has 140 valence electrons. The molecule has 2 N–H and O–H groups in total. The molecule has 1 aromatic rings. The lowest BCUT2D eigenvalue weighted by molar-refractivity contribution is -0.117. The number of aryl methyl sites for hydroxylation is 2. The Kier molecular flexibility index (Phi) is 7.68. The van der Waals surface area contributed by atoms with Crippen molar-refractivity contribution in [3.8, 4) is 6.07 Å². The summed E-state index contributed by atoms with van der Waals surface area (Å²) in [5.41, 5.74) is 4.08. The number of nitriles is 1. The van der Waals surface area contributed by atoms with E-state index in [0.29, 0.717) is 6.54 Å². The van der Waals surface area contributed by atoms with E-state index < -0.39 is 0 Å². The van der Waals surface area contributed by atoms with Gasteiger partial charge in [0, 0.05) is 19.3 Å². The molecule has 1 atom stereocenters. The standard InChI is InChI=1S/C21H30N4O/c1-4-20(18-10-9-16-7-5-6-8-17(16)13-18)24-21(26)19(14-22)15-23-11-12-25(2)3/h9-10,13,15,20,23H,4-8,11-12H2,1-3H3,(H,24,26)/b19-15-. The molecule has 2 rings (SSSR count). The highest BCUT2D eigenvalue weighted by Gasteiger charge is 2.18. The largest absolute Gasteiger partial charge is 0.388 e. The summed E-state index contributed by atoms with van der Waals surface area (Å²) >= 11 is 0. The van der Waals surface area contributed by atoms with E-state index in [0.717, 1.165) is 31.4 Å². The number of hydrogen-bond acceptors (Lipinski definition) is 4. The van der Waals surface area contributed by atoms with E-state index in [1.165, 1.54) is 30.2 Å². The Morgan fingerprint density at radius 2 is 2.04 bits per heavy atom. The van der Waals surface area contributed by atoms with Crippen molar-refractivity contribution in [2.24, 2.45) is 0 Å². The van der Waals surface area contributed by atoms with E-state index in [-0.39, 0.29) is 17.5 Å². The first-order valence-electron chi connectivity index (χ1n) is 9.46. The van der Waals surface area contributed by atoms with Crippen LogP contribution in [-0.2, 0) is 17.6 Å². The molecule has 0 aliphatic heterocycles. The molecule has 0 fully saturated rings. The summed E-state index contributed by atoms with van der Waals surface area (Å²) in [7, 11) is 3.96. The highest BCUT2D eigenvalue weighted by molar-refractivity contribution is 5.97. The van der Waals surface area contributed by atoms with Crippen LogP contribution in [0.15, 0.2) is 30.0 Å². The number of carbonyl (C=O) groups excluding carboxylic acids is 1. The minimum atomic E-state index is -0.325. The fourth-order valence-corrected chi connectivity index (χ4v) is 3.24. The zero-order chi connectivity index (χ0) is 18.9. The van der Waals surface area contributed by atoms with Crippen molar-refractivity contribution in [2.75, 3.05) is 27.2 Å². The Balaban J connectivity index is 2.02. The van der Waals surface area contributed by atoms with Gasteiger partial charge in [0.2, 0.25) is 0 Å². The van der Waals surface area contributed by atoms with Crippen LogP contribution in [0.4, 0.5) is 0 Å². The van der Waals surface area contributed by atoms with Crippen LogP contribution in [-0.4, -0.2) is 38.0 Å². The van der Waals surface area contributed by atoms with E-state index >= 15 is 0 Å². The summed E-state index contributed by atoms with van der Waals surface area (Å²) in [6.45, 7) is 3.58. The van der Waals surface area contributed by atoms with Crippen LogP contribution in [0.25, 0.3) is 0 Å². The summed E-state index contributed by atoms with van der Waals surface area (Å²) in [5, 5.41) is 15.3. The maximum atomic E-state index is 12.5. The number of carbonyl (C=O) groups is 1. The molecule has 1 unspecified atom stereocenters. The molecule has 1 aliphatic rings. The molecular weight excluding hydrogens is 324 g/mol. The Morgan fingerprint density at radius 1 is 1.31 bits per heavy atom. The van der Waals surface area contributed by atoms with Crippen molar-refractivity contribution in [1.29, 1.82) is 5.26 Å². The molecule has 0 spiro atoms. The molecule has 0 heterocycles. The lowest BCUT2D eigenvalue weighted by Gasteiger charge is -2.21. The van der Waals surface area contributed by atoms with Gasteiger partial charge in [0.1, 0.15) is 11.6 Å². The van der Waals surface area contributed by atoms with E-state index in [1.54, 1.807) is 0 Å². The second-order valence-electron chi connectivity index (χ2n) is 7.10. The molecule has 0 saturated carbocycles. The zero-order valence-electron chi connectivity index (χ0n) is 16.1. The monoisotopic (exact) mass is 354 g/mol. The third-order valence-corrected chi connectivity index (χ3v) is 4.80. The first-order valence-corrected chi connectivity index (χ1v) is 9.46. The van der Waals surface area contributed by atoms with Gasteiger partial charge in [-0.15, -0.1) is 0 Å². The van der Waals surface area contributed by atoms with Crippen LogP contribution in [0.2, 0.25) is 0 Å². The summed E-state index contributed by atoms with van der Waals surface area (Å²) in [5.74, 6) is -0.325. The topological polar surface area (TPSA) is 68.2 Å². The second-order valence-corrected chi connectivity index (χ2v) is 7.10. The molecule has 0 bridgehead atoms. The molecule has 5 nitrogen and oxygen atoms in total. The van der Waals surface area contributed by atoms with Crippen molar-refractivity contribution in [2.45, 2.75) is 45.1 Å². The molecule has 1 amide bonds. The van der Waals surface area contributed by atoms with Gasteiger partial charge < -0.3 is 15.5 Å². The van der Waals surface area contributed by atoms with Crippen molar-refractivity contribution in [3.05, 3.63) is 46.7 Å². The maximum Gasteiger partial charge on any atom is 0.263 e. The Labute approximate surface area is 157 Å².